The van der Waals surface area contributed by atoms with E-state index < -0.39 is 10.0 Å². The second-order valence-electron chi connectivity index (χ2n) is 3.66. The van der Waals surface area contributed by atoms with Gasteiger partial charge < -0.3 is 10.0 Å². The Kier molecular flexibility index (Phi) is 7.08. The van der Waals surface area contributed by atoms with Crippen molar-refractivity contribution in [3.05, 3.63) is 0 Å². The number of likely N-dealkylation sites (N-methyl/N-ethyl adjacent to an activating group) is 1. The predicted octanol–water partition coefficient (Wildman–Crippen LogP) is -0.372. The van der Waals surface area contributed by atoms with Crippen LogP contribution >= 0.6 is 0 Å². The highest BCUT2D eigenvalue weighted by Gasteiger charge is 2.08. The fourth-order valence-electron chi connectivity index (χ4n) is 1.02. The number of rotatable bonds is 8. The Morgan fingerprint density at radius 2 is 2.07 bits per heavy atom. The number of nitrogens with one attached hydrogen (secondary N) is 1. The molecular weight excluding hydrogens is 216 g/mol. The van der Waals surface area contributed by atoms with Gasteiger partial charge in [0.1, 0.15) is 0 Å². The third-order valence-corrected chi connectivity index (χ3v) is 3.81. The number of aliphatic hydroxyl groups is 1. The van der Waals surface area contributed by atoms with Gasteiger partial charge >= 0.3 is 0 Å². The Hall–Kier alpha value is -0.170. The largest absolute Gasteiger partial charge is 0.395 e. The molecule has 0 bridgehead atoms. The summed E-state index contributed by atoms with van der Waals surface area (Å²) >= 11 is 0. The van der Waals surface area contributed by atoms with E-state index in [9.17, 15) is 8.42 Å². The lowest BCUT2D eigenvalue weighted by atomic mass is 10.3. The maximum absolute atomic E-state index is 11.1. The maximum atomic E-state index is 11.1. The number of aliphatic hydroxyl groups excluding tert-OH is 1. The zero-order valence-electron chi connectivity index (χ0n) is 9.73. The van der Waals surface area contributed by atoms with Crippen molar-refractivity contribution in [1.29, 1.82) is 0 Å². The first-order valence-electron chi connectivity index (χ1n) is 5.21. The van der Waals surface area contributed by atoms with E-state index in [-0.39, 0.29) is 18.4 Å². The standard InChI is InChI=1S/C9H22N2O3S/c1-4-15(13,14)10-6-5-7-11(3)9(2)8-12/h9-10,12H,4-8H2,1-3H3. The summed E-state index contributed by atoms with van der Waals surface area (Å²) in [7, 11) is -1.15. The van der Waals surface area contributed by atoms with Crippen molar-refractivity contribution < 1.29 is 13.5 Å². The van der Waals surface area contributed by atoms with E-state index in [1.54, 1.807) is 6.92 Å². The Morgan fingerprint density at radius 1 is 1.47 bits per heavy atom. The van der Waals surface area contributed by atoms with Gasteiger partial charge in [0.25, 0.3) is 0 Å². The molecular formula is C9H22N2O3S. The topological polar surface area (TPSA) is 69.6 Å². The second kappa shape index (κ2) is 7.16. The lowest BCUT2D eigenvalue weighted by Gasteiger charge is -2.22. The van der Waals surface area contributed by atoms with E-state index in [2.05, 4.69) is 4.72 Å². The normalized spacial score (nSPS) is 14.5. The summed E-state index contributed by atoms with van der Waals surface area (Å²) in [6.45, 7) is 4.89. The van der Waals surface area contributed by atoms with Gasteiger partial charge in [0.2, 0.25) is 10.0 Å². The van der Waals surface area contributed by atoms with Crippen LogP contribution in [0.1, 0.15) is 20.3 Å². The van der Waals surface area contributed by atoms with E-state index in [0.29, 0.717) is 6.54 Å². The summed E-state index contributed by atoms with van der Waals surface area (Å²) in [5.41, 5.74) is 0. The van der Waals surface area contributed by atoms with Gasteiger partial charge in [-0.3, -0.25) is 0 Å². The van der Waals surface area contributed by atoms with E-state index in [1.165, 1.54) is 0 Å². The predicted molar refractivity (Wildman–Crippen MR) is 61.3 cm³/mol. The molecule has 6 heteroatoms. The average molecular weight is 238 g/mol. The Labute approximate surface area is 92.5 Å². The van der Waals surface area contributed by atoms with Crippen LogP contribution in [0.25, 0.3) is 0 Å². The lowest BCUT2D eigenvalue weighted by molar-refractivity contribution is 0.158. The monoisotopic (exact) mass is 238 g/mol. The summed E-state index contributed by atoms with van der Waals surface area (Å²) in [4.78, 5) is 2.00. The molecule has 92 valence electrons. The van der Waals surface area contributed by atoms with Crippen LogP contribution in [0.2, 0.25) is 0 Å². The third-order valence-electron chi connectivity index (χ3n) is 2.41. The first-order chi connectivity index (χ1) is 6.93. The fourth-order valence-corrected chi connectivity index (χ4v) is 1.68. The number of nitrogens with zero attached hydrogens (tertiary/aromatic N) is 1. The van der Waals surface area contributed by atoms with Gasteiger partial charge in [-0.15, -0.1) is 0 Å². The molecule has 0 saturated heterocycles. The van der Waals surface area contributed by atoms with Crippen molar-refractivity contribution >= 4 is 10.0 Å². The summed E-state index contributed by atoms with van der Waals surface area (Å²) in [5.74, 6) is 0.121. The van der Waals surface area contributed by atoms with E-state index in [0.717, 1.165) is 13.0 Å². The van der Waals surface area contributed by atoms with Gasteiger partial charge in [0, 0.05) is 12.6 Å². The summed E-state index contributed by atoms with van der Waals surface area (Å²) in [6, 6.07) is 0.118. The average Bonchev–Trinajstić information content (AvgIpc) is 2.22. The Morgan fingerprint density at radius 3 is 2.53 bits per heavy atom. The molecule has 2 N–H and O–H groups in total. The second-order valence-corrected chi connectivity index (χ2v) is 5.76. The molecule has 0 aliphatic rings. The van der Waals surface area contributed by atoms with Crippen LogP contribution in [0, 0.1) is 0 Å². The summed E-state index contributed by atoms with van der Waals surface area (Å²) in [5, 5.41) is 8.88. The van der Waals surface area contributed by atoms with Crippen LogP contribution in [0.3, 0.4) is 0 Å². The van der Waals surface area contributed by atoms with Gasteiger partial charge in [-0.1, -0.05) is 0 Å². The van der Waals surface area contributed by atoms with Crippen LogP contribution in [0.4, 0.5) is 0 Å². The molecule has 0 spiro atoms. The number of hydrogen-bond donors (Lipinski definition) is 2. The van der Waals surface area contributed by atoms with Gasteiger partial charge in [0.05, 0.1) is 12.4 Å². The highest BCUT2D eigenvalue weighted by Crippen LogP contribution is 1.95. The zero-order chi connectivity index (χ0) is 11.9. The fraction of sp³-hybridized carbons (Fsp3) is 1.00. The van der Waals surface area contributed by atoms with E-state index in [1.807, 2.05) is 18.9 Å². The molecule has 1 atom stereocenters. The quantitative estimate of drug-likeness (QED) is 0.566. The van der Waals surface area contributed by atoms with Crippen molar-refractivity contribution in [3.63, 3.8) is 0 Å². The molecule has 0 radical (unpaired) electrons. The third kappa shape index (κ3) is 6.83. The molecule has 0 rings (SSSR count). The van der Waals surface area contributed by atoms with Crippen LogP contribution < -0.4 is 4.72 Å². The van der Waals surface area contributed by atoms with Crippen LogP contribution in [-0.2, 0) is 10.0 Å². The molecule has 1 unspecified atom stereocenters. The van der Waals surface area contributed by atoms with Crippen molar-refractivity contribution in [3.8, 4) is 0 Å². The maximum Gasteiger partial charge on any atom is 0.211 e. The minimum Gasteiger partial charge on any atom is -0.395 e. The van der Waals surface area contributed by atoms with Crippen molar-refractivity contribution in [2.75, 3.05) is 32.5 Å². The minimum atomic E-state index is -3.06. The van der Waals surface area contributed by atoms with Gasteiger partial charge in [-0.25, -0.2) is 13.1 Å². The number of sulfonamides is 1. The van der Waals surface area contributed by atoms with Crippen molar-refractivity contribution in [2.24, 2.45) is 0 Å². The Balaban J connectivity index is 3.63. The highest BCUT2D eigenvalue weighted by molar-refractivity contribution is 7.89. The summed E-state index contributed by atoms with van der Waals surface area (Å²) < 4.78 is 24.6. The van der Waals surface area contributed by atoms with Crippen molar-refractivity contribution in [2.45, 2.75) is 26.3 Å². The minimum absolute atomic E-state index is 0.118. The van der Waals surface area contributed by atoms with Crippen LogP contribution in [-0.4, -0.2) is 57.0 Å². The molecule has 0 aliphatic heterocycles. The molecule has 15 heavy (non-hydrogen) atoms. The summed E-state index contributed by atoms with van der Waals surface area (Å²) in [6.07, 6.45) is 0.750. The first-order valence-corrected chi connectivity index (χ1v) is 6.86. The highest BCUT2D eigenvalue weighted by atomic mass is 32.2. The van der Waals surface area contributed by atoms with E-state index in [4.69, 9.17) is 5.11 Å². The molecule has 0 saturated carbocycles. The molecule has 0 aromatic carbocycles. The van der Waals surface area contributed by atoms with Gasteiger partial charge in [-0.2, -0.15) is 0 Å². The Bertz CT molecular complexity index is 254. The SMILES string of the molecule is CCS(=O)(=O)NCCCN(C)C(C)CO. The van der Waals surface area contributed by atoms with E-state index >= 15 is 0 Å². The van der Waals surface area contributed by atoms with Crippen molar-refractivity contribution in [1.82, 2.24) is 9.62 Å². The number of hydrogen-bond acceptors (Lipinski definition) is 4. The first kappa shape index (κ1) is 14.8. The van der Waals surface area contributed by atoms with Crippen LogP contribution in [0.5, 0.6) is 0 Å². The molecule has 0 aromatic heterocycles. The smallest absolute Gasteiger partial charge is 0.211 e. The van der Waals surface area contributed by atoms with Gasteiger partial charge in [-0.05, 0) is 33.9 Å². The molecule has 0 aliphatic carbocycles. The van der Waals surface area contributed by atoms with Gasteiger partial charge in [0.15, 0.2) is 0 Å². The molecule has 0 heterocycles. The molecule has 0 amide bonds. The van der Waals surface area contributed by atoms with Crippen LogP contribution in [0.15, 0.2) is 0 Å². The zero-order valence-corrected chi connectivity index (χ0v) is 10.5. The molecule has 0 fully saturated rings. The molecule has 5 nitrogen and oxygen atoms in total. The lowest BCUT2D eigenvalue weighted by Crippen LogP contribution is -2.35. The molecule has 0 aromatic rings.